The first-order valence-electron chi connectivity index (χ1n) is 10.8. The van der Waals surface area contributed by atoms with Gasteiger partial charge in [0, 0.05) is 56.8 Å². The van der Waals surface area contributed by atoms with Crippen molar-refractivity contribution in [2.75, 3.05) is 53.0 Å². The van der Waals surface area contributed by atoms with E-state index < -0.39 is 0 Å². The molecule has 1 aromatic carbocycles. The largest absolute Gasteiger partial charge is 0.379 e. The molecule has 7 nitrogen and oxygen atoms in total. The number of amides is 1. The lowest BCUT2D eigenvalue weighted by atomic mass is 10.0. The van der Waals surface area contributed by atoms with E-state index >= 15 is 0 Å². The van der Waals surface area contributed by atoms with Gasteiger partial charge in [0.2, 0.25) is 5.91 Å². The van der Waals surface area contributed by atoms with E-state index in [9.17, 15) is 4.79 Å². The normalized spacial score (nSPS) is 21.0. The van der Waals surface area contributed by atoms with E-state index in [1.54, 1.807) is 7.05 Å². The third-order valence-corrected chi connectivity index (χ3v) is 6.12. The maximum absolute atomic E-state index is 12.2. The molecule has 0 bridgehead atoms. The number of carbonyl (C=O) groups excluding carboxylic acids is 1. The standard InChI is InChI=1S/C22H34ClN5O2.HI/c1-16(2)21(29)28-9-8-17(15-28)26-22(24-3)25-14-20(27-10-12-30-13-11-27)18-6-4-5-7-19(18)23;/h4-7,16-17,20H,8-15H2,1-3H3,(H2,24,25,26);1H. The van der Waals surface area contributed by atoms with Crippen LogP contribution >= 0.6 is 35.6 Å². The topological polar surface area (TPSA) is 69.2 Å². The van der Waals surface area contributed by atoms with Crippen molar-refractivity contribution in [1.82, 2.24) is 20.4 Å². The SMILES string of the molecule is CN=C(NCC(c1ccccc1Cl)N1CCOCC1)NC1CCN(C(=O)C(C)C)C1.I. The lowest BCUT2D eigenvalue weighted by Gasteiger charge is -2.35. The molecule has 3 rings (SSSR count). The molecule has 1 aromatic rings. The van der Waals surface area contributed by atoms with E-state index in [2.05, 4.69) is 26.6 Å². The van der Waals surface area contributed by atoms with Gasteiger partial charge in [-0.25, -0.2) is 0 Å². The maximum Gasteiger partial charge on any atom is 0.225 e. The first-order valence-corrected chi connectivity index (χ1v) is 11.2. The first kappa shape index (κ1) is 26.2. The summed E-state index contributed by atoms with van der Waals surface area (Å²) in [4.78, 5) is 21.0. The van der Waals surface area contributed by atoms with Gasteiger partial charge in [0.1, 0.15) is 0 Å². The van der Waals surface area contributed by atoms with Crippen LogP contribution in [0.2, 0.25) is 5.02 Å². The Morgan fingerprint density at radius 1 is 1.26 bits per heavy atom. The van der Waals surface area contributed by atoms with Crippen LogP contribution < -0.4 is 10.6 Å². The van der Waals surface area contributed by atoms with Crippen molar-refractivity contribution in [3.63, 3.8) is 0 Å². The van der Waals surface area contributed by atoms with Crippen LogP contribution in [0.3, 0.4) is 0 Å². The molecule has 0 aliphatic carbocycles. The number of carbonyl (C=O) groups is 1. The molecule has 0 saturated carbocycles. The highest BCUT2D eigenvalue weighted by Crippen LogP contribution is 2.27. The zero-order valence-corrected chi connectivity index (χ0v) is 21.7. The van der Waals surface area contributed by atoms with Crippen LogP contribution in [0.4, 0.5) is 0 Å². The van der Waals surface area contributed by atoms with E-state index in [-0.39, 0.29) is 47.9 Å². The van der Waals surface area contributed by atoms with Gasteiger partial charge < -0.3 is 20.3 Å². The molecule has 9 heteroatoms. The number of nitrogens with zero attached hydrogens (tertiary/aromatic N) is 3. The summed E-state index contributed by atoms with van der Waals surface area (Å²) < 4.78 is 5.53. The summed E-state index contributed by atoms with van der Waals surface area (Å²) in [6, 6.07) is 8.36. The van der Waals surface area contributed by atoms with Crippen molar-refractivity contribution in [1.29, 1.82) is 0 Å². The zero-order valence-electron chi connectivity index (χ0n) is 18.6. The summed E-state index contributed by atoms with van der Waals surface area (Å²) in [6.45, 7) is 9.30. The average molecular weight is 564 g/mol. The third-order valence-electron chi connectivity index (χ3n) is 5.77. The van der Waals surface area contributed by atoms with Crippen LogP contribution in [-0.2, 0) is 9.53 Å². The number of morpholine rings is 1. The quantitative estimate of drug-likeness (QED) is 0.317. The van der Waals surface area contributed by atoms with Crippen LogP contribution in [0, 0.1) is 5.92 Å². The summed E-state index contributed by atoms with van der Waals surface area (Å²) >= 11 is 6.53. The number of benzene rings is 1. The molecular weight excluding hydrogens is 529 g/mol. The van der Waals surface area contributed by atoms with Gasteiger partial charge in [0.15, 0.2) is 5.96 Å². The molecule has 2 saturated heterocycles. The van der Waals surface area contributed by atoms with Gasteiger partial charge in [-0.15, -0.1) is 24.0 Å². The van der Waals surface area contributed by atoms with Gasteiger partial charge in [-0.2, -0.15) is 0 Å². The summed E-state index contributed by atoms with van der Waals surface area (Å²) in [5.41, 5.74) is 1.11. The van der Waals surface area contributed by atoms with E-state index in [4.69, 9.17) is 16.3 Å². The van der Waals surface area contributed by atoms with Crippen molar-refractivity contribution < 1.29 is 9.53 Å². The smallest absolute Gasteiger partial charge is 0.225 e. The Bertz CT molecular complexity index is 742. The fraction of sp³-hybridized carbons (Fsp3) is 0.636. The Balaban J connectivity index is 0.00000341. The Morgan fingerprint density at radius 3 is 2.61 bits per heavy atom. The summed E-state index contributed by atoms with van der Waals surface area (Å²) in [7, 11) is 1.78. The molecule has 1 amide bonds. The number of hydrogen-bond acceptors (Lipinski definition) is 4. The third kappa shape index (κ3) is 7.20. The van der Waals surface area contributed by atoms with Crippen LogP contribution in [0.15, 0.2) is 29.3 Å². The summed E-state index contributed by atoms with van der Waals surface area (Å²) in [5.74, 6) is 1.00. The number of nitrogens with one attached hydrogen (secondary N) is 2. The highest BCUT2D eigenvalue weighted by molar-refractivity contribution is 14.0. The number of halogens is 2. The number of likely N-dealkylation sites (tertiary alicyclic amines) is 1. The second kappa shape index (κ2) is 12.8. The molecule has 0 spiro atoms. The fourth-order valence-electron chi connectivity index (χ4n) is 4.09. The molecule has 2 heterocycles. The van der Waals surface area contributed by atoms with Gasteiger partial charge in [-0.3, -0.25) is 14.7 Å². The molecule has 0 aromatic heterocycles. The molecule has 2 atom stereocenters. The Labute approximate surface area is 207 Å². The number of aliphatic imine (C=N–C) groups is 1. The molecule has 0 radical (unpaired) electrons. The first-order chi connectivity index (χ1) is 14.5. The molecule has 2 aliphatic rings. The van der Waals surface area contributed by atoms with E-state index in [1.807, 2.05) is 36.9 Å². The van der Waals surface area contributed by atoms with Gasteiger partial charge in [-0.1, -0.05) is 43.6 Å². The maximum atomic E-state index is 12.2. The second-order valence-corrected chi connectivity index (χ2v) is 8.61. The number of hydrogen-bond donors (Lipinski definition) is 2. The molecule has 31 heavy (non-hydrogen) atoms. The fourth-order valence-corrected chi connectivity index (χ4v) is 4.36. The Kier molecular flexibility index (Phi) is 10.8. The predicted molar refractivity (Wildman–Crippen MR) is 136 cm³/mol. The van der Waals surface area contributed by atoms with Crippen molar-refractivity contribution in [2.24, 2.45) is 10.9 Å². The van der Waals surface area contributed by atoms with Crippen LogP contribution in [0.25, 0.3) is 0 Å². The lowest BCUT2D eigenvalue weighted by Crippen LogP contribution is -2.49. The minimum Gasteiger partial charge on any atom is -0.379 e. The van der Waals surface area contributed by atoms with E-state index in [1.165, 1.54) is 0 Å². The average Bonchev–Trinajstić information content (AvgIpc) is 3.22. The van der Waals surface area contributed by atoms with Gasteiger partial charge in [0.05, 0.1) is 19.3 Å². The van der Waals surface area contributed by atoms with E-state index in [0.29, 0.717) is 6.54 Å². The van der Waals surface area contributed by atoms with Crippen LogP contribution in [-0.4, -0.2) is 80.7 Å². The summed E-state index contributed by atoms with van der Waals surface area (Å²) in [5, 5.41) is 7.74. The molecule has 2 N–H and O–H groups in total. The van der Waals surface area contributed by atoms with Crippen molar-refractivity contribution >= 4 is 47.4 Å². The second-order valence-electron chi connectivity index (χ2n) is 8.21. The van der Waals surface area contributed by atoms with Crippen LogP contribution in [0.1, 0.15) is 31.9 Å². The Hall–Kier alpha value is -1.10. The molecule has 2 unspecified atom stereocenters. The lowest BCUT2D eigenvalue weighted by molar-refractivity contribution is -0.133. The monoisotopic (exact) mass is 563 g/mol. The number of guanidine groups is 1. The van der Waals surface area contributed by atoms with Gasteiger partial charge >= 0.3 is 0 Å². The molecule has 2 aliphatic heterocycles. The van der Waals surface area contributed by atoms with Crippen molar-refractivity contribution in [2.45, 2.75) is 32.4 Å². The summed E-state index contributed by atoms with van der Waals surface area (Å²) in [6.07, 6.45) is 0.927. The van der Waals surface area contributed by atoms with Crippen LogP contribution in [0.5, 0.6) is 0 Å². The molecule has 2 fully saturated rings. The van der Waals surface area contributed by atoms with Crippen molar-refractivity contribution in [3.8, 4) is 0 Å². The highest BCUT2D eigenvalue weighted by atomic mass is 127. The number of ether oxygens (including phenoxy) is 1. The van der Waals surface area contributed by atoms with E-state index in [0.717, 1.165) is 62.4 Å². The van der Waals surface area contributed by atoms with Gasteiger partial charge in [0.25, 0.3) is 0 Å². The molecule has 174 valence electrons. The zero-order chi connectivity index (χ0) is 21.5. The minimum atomic E-state index is 0. The minimum absolute atomic E-state index is 0. The highest BCUT2D eigenvalue weighted by Gasteiger charge is 2.29. The predicted octanol–water partition coefficient (Wildman–Crippen LogP) is 2.75. The number of rotatable bonds is 6. The Morgan fingerprint density at radius 2 is 1.97 bits per heavy atom. The van der Waals surface area contributed by atoms with Gasteiger partial charge in [-0.05, 0) is 18.1 Å². The molecular formula is C22H35ClIN5O2. The van der Waals surface area contributed by atoms with Crippen molar-refractivity contribution in [3.05, 3.63) is 34.9 Å².